The summed E-state index contributed by atoms with van der Waals surface area (Å²) < 4.78 is 6.00. The monoisotopic (exact) mass is 284 g/mol. The predicted octanol–water partition coefficient (Wildman–Crippen LogP) is 3.68. The molecule has 0 spiro atoms. The minimum atomic E-state index is 0.0675. The van der Waals surface area contributed by atoms with Crippen molar-refractivity contribution >= 4 is 0 Å². The van der Waals surface area contributed by atoms with Crippen molar-refractivity contribution in [2.24, 2.45) is 0 Å². The molecule has 1 N–H and O–H groups in total. The van der Waals surface area contributed by atoms with Gasteiger partial charge in [0.15, 0.2) is 0 Å². The summed E-state index contributed by atoms with van der Waals surface area (Å²) >= 11 is 0. The Morgan fingerprint density at radius 3 is 2.43 bits per heavy atom. The Bertz CT molecular complexity index is 588. The Morgan fingerprint density at radius 1 is 1.00 bits per heavy atom. The van der Waals surface area contributed by atoms with Crippen molar-refractivity contribution in [3.63, 3.8) is 0 Å². The molecular weight excluding hydrogens is 260 g/mol. The van der Waals surface area contributed by atoms with Crippen LogP contribution in [0, 0.1) is 0 Å². The van der Waals surface area contributed by atoms with E-state index in [1.54, 1.807) is 0 Å². The molecule has 0 saturated heterocycles. The van der Waals surface area contributed by atoms with Crippen LogP contribution in [0.3, 0.4) is 0 Å². The Hall–Kier alpha value is -1.87. The molecule has 0 aliphatic carbocycles. The summed E-state index contributed by atoms with van der Waals surface area (Å²) in [6.07, 6.45) is 0. The lowest BCUT2D eigenvalue weighted by Gasteiger charge is -2.22. The van der Waals surface area contributed by atoms with Gasteiger partial charge in [-0.2, -0.15) is 0 Å². The highest BCUT2D eigenvalue weighted by atomic mass is 16.5. The van der Waals surface area contributed by atoms with E-state index < -0.39 is 0 Å². The summed E-state index contributed by atoms with van der Waals surface area (Å²) in [5.74, 6) is 0.936. The van der Waals surface area contributed by atoms with Crippen LogP contribution in [0.1, 0.15) is 37.7 Å². The molecule has 2 rings (SSSR count). The highest BCUT2D eigenvalue weighted by Gasteiger charge is 2.18. The van der Waals surface area contributed by atoms with Crippen LogP contribution in [0.5, 0.6) is 5.75 Å². The van der Waals surface area contributed by atoms with Crippen LogP contribution in [0.4, 0.5) is 0 Å². The lowest BCUT2D eigenvalue weighted by atomic mass is 9.86. The van der Waals surface area contributed by atoms with E-state index in [-0.39, 0.29) is 5.41 Å². The zero-order valence-electron chi connectivity index (χ0n) is 13.3. The quantitative estimate of drug-likeness (QED) is 0.909. The summed E-state index contributed by atoms with van der Waals surface area (Å²) in [4.78, 5) is 4.58. The summed E-state index contributed by atoms with van der Waals surface area (Å²) in [5, 5.41) is 3.11. The van der Waals surface area contributed by atoms with E-state index in [9.17, 15) is 0 Å². The van der Waals surface area contributed by atoms with E-state index in [4.69, 9.17) is 4.74 Å². The third-order valence-electron chi connectivity index (χ3n) is 3.29. The highest BCUT2D eigenvalue weighted by Crippen LogP contribution is 2.31. The fourth-order valence-electron chi connectivity index (χ4n) is 2.25. The normalized spacial score (nSPS) is 11.4. The first-order valence-corrected chi connectivity index (χ1v) is 7.32. The number of hydrogen-bond acceptors (Lipinski definition) is 3. The van der Waals surface area contributed by atoms with Gasteiger partial charge in [0, 0.05) is 6.54 Å². The highest BCUT2D eigenvalue weighted by molar-refractivity contribution is 5.38. The van der Waals surface area contributed by atoms with Crippen molar-refractivity contribution in [3.05, 3.63) is 59.4 Å². The van der Waals surface area contributed by atoms with Gasteiger partial charge in [-0.25, -0.2) is 0 Å². The van der Waals surface area contributed by atoms with Gasteiger partial charge in [0.2, 0.25) is 0 Å². The fourth-order valence-corrected chi connectivity index (χ4v) is 2.25. The second-order valence-corrected chi connectivity index (χ2v) is 6.19. The number of pyridine rings is 1. The lowest BCUT2D eigenvalue weighted by Crippen LogP contribution is -2.14. The topological polar surface area (TPSA) is 34.1 Å². The molecule has 0 unspecified atom stereocenters. The molecule has 1 heterocycles. The third kappa shape index (κ3) is 4.30. The molecule has 3 heteroatoms. The average molecular weight is 284 g/mol. The number of hydrogen-bond donors (Lipinski definition) is 1. The maximum absolute atomic E-state index is 6.00. The minimum Gasteiger partial charge on any atom is -0.487 e. The van der Waals surface area contributed by atoms with E-state index in [2.05, 4.69) is 43.2 Å². The van der Waals surface area contributed by atoms with Crippen molar-refractivity contribution in [1.29, 1.82) is 0 Å². The Morgan fingerprint density at radius 2 is 1.71 bits per heavy atom. The molecule has 0 atom stereocenters. The Labute approximate surface area is 127 Å². The first-order valence-electron chi connectivity index (χ1n) is 7.32. The number of nitrogens with one attached hydrogen (secondary N) is 1. The molecule has 1 aromatic carbocycles. The molecular formula is C18H24N2O. The molecule has 0 bridgehead atoms. The van der Waals surface area contributed by atoms with Crippen LogP contribution >= 0.6 is 0 Å². The van der Waals surface area contributed by atoms with Gasteiger partial charge >= 0.3 is 0 Å². The molecule has 0 amide bonds. The Balaban J connectivity index is 2.12. The van der Waals surface area contributed by atoms with Crippen LogP contribution in [-0.2, 0) is 18.6 Å². The maximum Gasteiger partial charge on any atom is 0.130 e. The Kier molecular flexibility index (Phi) is 4.97. The molecule has 21 heavy (non-hydrogen) atoms. The summed E-state index contributed by atoms with van der Waals surface area (Å²) in [7, 11) is 1.92. The maximum atomic E-state index is 6.00. The van der Waals surface area contributed by atoms with Crippen LogP contribution in [0.15, 0.2) is 42.5 Å². The predicted molar refractivity (Wildman–Crippen MR) is 86.5 cm³/mol. The number of aromatic nitrogens is 1. The number of rotatable bonds is 5. The van der Waals surface area contributed by atoms with E-state index >= 15 is 0 Å². The van der Waals surface area contributed by atoms with Crippen LogP contribution < -0.4 is 10.1 Å². The van der Waals surface area contributed by atoms with Gasteiger partial charge in [-0.15, -0.1) is 0 Å². The number of para-hydroxylation sites is 1. The van der Waals surface area contributed by atoms with Crippen molar-refractivity contribution in [3.8, 4) is 5.75 Å². The van der Waals surface area contributed by atoms with Gasteiger partial charge in [-0.3, -0.25) is 4.98 Å². The first kappa shape index (κ1) is 15.5. The SMILES string of the molecule is CNCc1cccc(COc2ccccc2C(C)(C)C)n1. The van der Waals surface area contributed by atoms with Gasteiger partial charge in [0.25, 0.3) is 0 Å². The minimum absolute atomic E-state index is 0.0675. The van der Waals surface area contributed by atoms with Crippen LogP contribution in [0.25, 0.3) is 0 Å². The molecule has 0 aliphatic rings. The number of ether oxygens (including phenoxy) is 1. The third-order valence-corrected chi connectivity index (χ3v) is 3.29. The van der Waals surface area contributed by atoms with Gasteiger partial charge in [0.1, 0.15) is 12.4 Å². The van der Waals surface area contributed by atoms with Crippen molar-refractivity contribution in [1.82, 2.24) is 10.3 Å². The summed E-state index contributed by atoms with van der Waals surface area (Å²) in [5.41, 5.74) is 3.27. The fraction of sp³-hybridized carbons (Fsp3) is 0.389. The molecule has 2 aromatic rings. The first-order chi connectivity index (χ1) is 10.0. The van der Waals surface area contributed by atoms with Gasteiger partial charge in [0.05, 0.1) is 11.4 Å². The zero-order chi connectivity index (χ0) is 15.3. The standard InChI is InChI=1S/C18H24N2O/c1-18(2,3)16-10-5-6-11-17(16)21-13-15-9-7-8-14(20-15)12-19-4/h5-11,19H,12-13H2,1-4H3. The van der Waals surface area contributed by atoms with Gasteiger partial charge in [-0.1, -0.05) is 45.0 Å². The van der Waals surface area contributed by atoms with Gasteiger partial charge < -0.3 is 10.1 Å². The number of benzene rings is 1. The molecule has 1 aromatic heterocycles. The van der Waals surface area contributed by atoms with Crippen LogP contribution in [-0.4, -0.2) is 12.0 Å². The molecule has 0 aliphatic heterocycles. The smallest absolute Gasteiger partial charge is 0.130 e. The molecule has 3 nitrogen and oxygen atoms in total. The average Bonchev–Trinajstić information content (AvgIpc) is 2.45. The van der Waals surface area contributed by atoms with E-state index in [0.717, 1.165) is 23.7 Å². The zero-order valence-corrected chi connectivity index (χ0v) is 13.3. The second-order valence-electron chi connectivity index (χ2n) is 6.19. The van der Waals surface area contributed by atoms with E-state index in [1.807, 2.05) is 37.4 Å². The van der Waals surface area contributed by atoms with Gasteiger partial charge in [-0.05, 0) is 36.2 Å². The van der Waals surface area contributed by atoms with Crippen molar-refractivity contribution in [2.75, 3.05) is 7.05 Å². The molecule has 0 radical (unpaired) electrons. The summed E-state index contributed by atoms with van der Waals surface area (Å²) in [6.45, 7) is 7.85. The lowest BCUT2D eigenvalue weighted by molar-refractivity contribution is 0.292. The summed E-state index contributed by atoms with van der Waals surface area (Å²) in [6, 6.07) is 14.3. The van der Waals surface area contributed by atoms with Crippen molar-refractivity contribution < 1.29 is 4.74 Å². The van der Waals surface area contributed by atoms with Crippen molar-refractivity contribution in [2.45, 2.75) is 39.3 Å². The molecule has 0 saturated carbocycles. The largest absolute Gasteiger partial charge is 0.487 e. The molecule has 0 fully saturated rings. The number of nitrogens with zero attached hydrogens (tertiary/aromatic N) is 1. The van der Waals surface area contributed by atoms with E-state index in [0.29, 0.717) is 6.61 Å². The molecule has 112 valence electrons. The van der Waals surface area contributed by atoms with Crippen LogP contribution in [0.2, 0.25) is 0 Å². The van der Waals surface area contributed by atoms with E-state index in [1.165, 1.54) is 5.56 Å². The second kappa shape index (κ2) is 6.72.